The van der Waals surface area contributed by atoms with E-state index in [0.29, 0.717) is 18.7 Å². The number of aromatic nitrogens is 4. The summed E-state index contributed by atoms with van der Waals surface area (Å²) in [5.74, 6) is -0.414. The van der Waals surface area contributed by atoms with Crippen LogP contribution in [-0.4, -0.2) is 85.0 Å². The van der Waals surface area contributed by atoms with E-state index in [0.717, 1.165) is 63.3 Å². The Morgan fingerprint density at radius 1 is 1.04 bits per heavy atom. The van der Waals surface area contributed by atoms with Crippen LogP contribution in [0.15, 0.2) is 79.1 Å². The molecule has 5 aromatic rings. The lowest BCUT2D eigenvalue weighted by molar-refractivity contribution is -0.136. The SMILES string of the molecule is CCc1nc(-c2cccc3cc(-c4ccc(C(=O)NC/C=C/c5cccc(C(=O)N(C)C6CCC(=O)NC6=O)c5)nc4)ncc23)c2n1CCN(C(C)=O)C2.[HH].[HH]. The number of nitrogens with one attached hydrogen (secondary N) is 2. The number of hydrogen-bond donors (Lipinski definition) is 2. The quantitative estimate of drug-likeness (QED) is 0.203. The first kappa shape index (κ1) is 35.9. The molecule has 13 nitrogen and oxygen atoms in total. The van der Waals surface area contributed by atoms with Crippen LogP contribution >= 0.6 is 0 Å². The number of hydrogen-bond acceptors (Lipinski definition) is 8. The predicted molar refractivity (Wildman–Crippen MR) is 207 cm³/mol. The number of carbonyl (C=O) groups is 5. The number of benzene rings is 2. The Morgan fingerprint density at radius 2 is 1.87 bits per heavy atom. The van der Waals surface area contributed by atoms with Crippen LogP contribution in [0.4, 0.5) is 0 Å². The normalized spacial score (nSPS) is 15.6. The summed E-state index contributed by atoms with van der Waals surface area (Å²) in [6.45, 7) is 5.85. The molecule has 0 spiro atoms. The van der Waals surface area contributed by atoms with Crippen molar-refractivity contribution in [2.75, 3.05) is 20.1 Å². The Bertz CT molecular complexity index is 2340. The van der Waals surface area contributed by atoms with Crippen LogP contribution in [0.1, 0.15) is 67.5 Å². The zero-order valence-electron chi connectivity index (χ0n) is 30.3. The number of amides is 5. The lowest BCUT2D eigenvalue weighted by Gasteiger charge is -2.29. The van der Waals surface area contributed by atoms with Gasteiger partial charge < -0.3 is 19.7 Å². The molecule has 5 amide bonds. The monoisotopic (exact) mass is 728 g/mol. The van der Waals surface area contributed by atoms with Gasteiger partial charge in [0.1, 0.15) is 17.6 Å². The lowest BCUT2D eigenvalue weighted by atomic mass is 10.0. The summed E-state index contributed by atoms with van der Waals surface area (Å²) in [6.07, 6.45) is 8.31. The largest absolute Gasteiger partial charge is 0.347 e. The van der Waals surface area contributed by atoms with Gasteiger partial charge >= 0.3 is 0 Å². The Balaban J connectivity index is 0.00000300. The van der Waals surface area contributed by atoms with Crippen molar-refractivity contribution in [1.29, 1.82) is 0 Å². The van der Waals surface area contributed by atoms with Gasteiger partial charge in [-0.3, -0.25) is 39.3 Å². The maximum Gasteiger partial charge on any atom is 0.270 e. The number of rotatable bonds is 9. The van der Waals surface area contributed by atoms with E-state index in [1.54, 1.807) is 56.6 Å². The standard InChI is InChI=1S/C41H40N8O5.2H2/c1-4-36-45-38(35-24-48(25(2)50)18-19-49(35)36)30-12-6-10-27-21-33(44-23-31(27)30)29-13-14-32(43-22-29)39(52)42-17-7-9-26-8-5-11-28(20-26)41(54)47(3)34-15-16-37(51)46-40(34)53;;/h5-14,20-23,34H,4,15-19,24H2,1-3H3,(H,42,52)(H,46,51,53);2*1H/b9-7+;;. The third-order valence-electron chi connectivity index (χ3n) is 9.98. The highest BCUT2D eigenvalue weighted by molar-refractivity contribution is 6.04. The van der Waals surface area contributed by atoms with E-state index in [1.165, 1.54) is 4.90 Å². The average molecular weight is 729 g/mol. The second kappa shape index (κ2) is 15.2. The number of likely N-dealkylation sites (N-methyl/N-ethyl adjacent to an activating group) is 1. The minimum atomic E-state index is -0.708. The first-order chi connectivity index (χ1) is 26.1. The molecule has 54 heavy (non-hydrogen) atoms. The number of fused-ring (bicyclic) bond motifs is 2. The molecule has 2 N–H and O–H groups in total. The second-order valence-electron chi connectivity index (χ2n) is 13.4. The van der Waals surface area contributed by atoms with Crippen LogP contribution in [0.3, 0.4) is 0 Å². The molecule has 3 aromatic heterocycles. The molecular formula is C41H44N8O5. The number of pyridine rings is 2. The van der Waals surface area contributed by atoms with Crippen molar-refractivity contribution in [3.05, 3.63) is 107 Å². The van der Waals surface area contributed by atoms with Crippen LogP contribution in [0.25, 0.3) is 39.4 Å². The molecular weight excluding hydrogens is 685 g/mol. The number of imidazole rings is 1. The summed E-state index contributed by atoms with van der Waals surface area (Å²) in [4.78, 5) is 79.3. The summed E-state index contributed by atoms with van der Waals surface area (Å²) < 4.78 is 2.24. The van der Waals surface area contributed by atoms with Crippen LogP contribution < -0.4 is 10.6 Å². The average Bonchev–Trinajstić information content (AvgIpc) is 3.56. The topological polar surface area (TPSA) is 159 Å². The van der Waals surface area contributed by atoms with E-state index in [2.05, 4.69) is 27.1 Å². The van der Waals surface area contributed by atoms with Gasteiger partial charge in [0.25, 0.3) is 11.8 Å². The van der Waals surface area contributed by atoms with Crippen molar-refractivity contribution in [3.8, 4) is 22.5 Å². The summed E-state index contributed by atoms with van der Waals surface area (Å²) in [5, 5.41) is 7.07. The zero-order valence-corrected chi connectivity index (χ0v) is 30.3. The Kier molecular flexibility index (Phi) is 10.1. The van der Waals surface area contributed by atoms with Crippen molar-refractivity contribution in [1.82, 2.24) is 40.0 Å². The Morgan fingerprint density at radius 3 is 2.63 bits per heavy atom. The molecule has 1 saturated heterocycles. The second-order valence-corrected chi connectivity index (χ2v) is 13.4. The van der Waals surface area contributed by atoms with Crippen molar-refractivity contribution < 1.29 is 26.8 Å². The number of aryl methyl sites for hydroxylation is 1. The third-order valence-corrected chi connectivity index (χ3v) is 9.98. The van der Waals surface area contributed by atoms with E-state index < -0.39 is 11.9 Å². The predicted octanol–water partition coefficient (Wildman–Crippen LogP) is 4.90. The number of nitrogens with zero attached hydrogens (tertiary/aromatic N) is 6. The molecule has 0 bridgehead atoms. The van der Waals surface area contributed by atoms with Gasteiger partial charge in [0.2, 0.25) is 17.7 Å². The first-order valence-electron chi connectivity index (χ1n) is 18.0. The van der Waals surface area contributed by atoms with E-state index in [9.17, 15) is 24.0 Å². The molecule has 2 aliphatic heterocycles. The molecule has 0 radical (unpaired) electrons. The van der Waals surface area contributed by atoms with Crippen molar-refractivity contribution >= 4 is 46.4 Å². The fraction of sp³-hybridized carbons (Fsp3) is 0.268. The molecule has 5 heterocycles. The van der Waals surface area contributed by atoms with Crippen LogP contribution in [0, 0.1) is 0 Å². The highest BCUT2D eigenvalue weighted by Gasteiger charge is 2.32. The summed E-state index contributed by atoms with van der Waals surface area (Å²) in [5.41, 5.74) is 5.78. The molecule has 278 valence electrons. The molecule has 2 aromatic carbocycles. The van der Waals surface area contributed by atoms with Crippen molar-refractivity contribution in [2.24, 2.45) is 0 Å². The zero-order chi connectivity index (χ0) is 37.9. The highest BCUT2D eigenvalue weighted by atomic mass is 16.2. The molecule has 1 fully saturated rings. The molecule has 1 atom stereocenters. The highest BCUT2D eigenvalue weighted by Crippen LogP contribution is 2.34. The van der Waals surface area contributed by atoms with Gasteiger partial charge in [-0.15, -0.1) is 0 Å². The van der Waals surface area contributed by atoms with E-state index in [-0.39, 0.29) is 51.6 Å². The van der Waals surface area contributed by atoms with Gasteiger partial charge in [-0.1, -0.05) is 49.4 Å². The maximum absolute atomic E-state index is 13.1. The lowest BCUT2D eigenvalue weighted by Crippen LogP contribution is -2.52. The molecule has 13 heteroatoms. The molecule has 2 aliphatic rings. The van der Waals surface area contributed by atoms with Gasteiger partial charge in [0.15, 0.2) is 0 Å². The Labute approximate surface area is 315 Å². The van der Waals surface area contributed by atoms with Gasteiger partial charge in [0, 0.05) is 83.8 Å². The third kappa shape index (κ3) is 7.25. The van der Waals surface area contributed by atoms with E-state index in [4.69, 9.17) is 9.97 Å². The minimum Gasteiger partial charge on any atom is -0.347 e. The molecule has 7 rings (SSSR count). The number of piperidine rings is 1. The number of carbonyl (C=O) groups excluding carboxylic acids is 5. The summed E-state index contributed by atoms with van der Waals surface area (Å²) in [7, 11) is 1.55. The first-order valence-corrected chi connectivity index (χ1v) is 18.0. The van der Waals surface area contributed by atoms with E-state index >= 15 is 0 Å². The van der Waals surface area contributed by atoms with E-state index in [1.807, 2.05) is 47.5 Å². The van der Waals surface area contributed by atoms with Crippen LogP contribution in [-0.2, 0) is 33.9 Å². The molecule has 0 aliphatic carbocycles. The van der Waals surface area contributed by atoms with Crippen molar-refractivity contribution in [2.45, 2.75) is 52.2 Å². The van der Waals surface area contributed by atoms with Gasteiger partial charge in [-0.2, -0.15) is 0 Å². The molecule has 1 unspecified atom stereocenters. The fourth-order valence-corrected chi connectivity index (χ4v) is 7.02. The molecule has 0 saturated carbocycles. The van der Waals surface area contributed by atoms with Crippen LogP contribution in [0.5, 0.6) is 0 Å². The fourth-order valence-electron chi connectivity index (χ4n) is 7.02. The van der Waals surface area contributed by atoms with Gasteiger partial charge in [0.05, 0.1) is 23.6 Å². The minimum absolute atomic E-state index is 0. The smallest absolute Gasteiger partial charge is 0.270 e. The Hall–Kier alpha value is -6.50. The van der Waals surface area contributed by atoms with Gasteiger partial charge in [-0.05, 0) is 47.7 Å². The number of imide groups is 1. The maximum atomic E-state index is 13.1. The van der Waals surface area contributed by atoms with Gasteiger partial charge in [-0.25, -0.2) is 4.98 Å². The summed E-state index contributed by atoms with van der Waals surface area (Å²) >= 11 is 0. The van der Waals surface area contributed by atoms with Crippen LogP contribution in [0.2, 0.25) is 0 Å². The summed E-state index contributed by atoms with van der Waals surface area (Å²) in [6, 6.07) is 17.8. The van der Waals surface area contributed by atoms with Crippen molar-refractivity contribution in [3.63, 3.8) is 0 Å².